The molecule has 2 nitrogen and oxygen atoms in total. The zero-order valence-electron chi connectivity index (χ0n) is 9.07. The number of methoxy groups -OCH3 is 1. The van der Waals surface area contributed by atoms with Crippen molar-refractivity contribution in [1.29, 1.82) is 0 Å². The maximum Gasteiger partial charge on any atom is 0.157 e. The van der Waals surface area contributed by atoms with Gasteiger partial charge in [0, 0.05) is 5.30 Å². The summed E-state index contributed by atoms with van der Waals surface area (Å²) < 4.78 is 10.6. The van der Waals surface area contributed by atoms with Crippen LogP contribution in [0.4, 0.5) is 0 Å². The lowest BCUT2D eigenvalue weighted by Crippen LogP contribution is -2.00. The molecule has 1 aromatic carbocycles. The lowest BCUT2D eigenvalue weighted by molar-refractivity contribution is 0.352. The van der Waals surface area contributed by atoms with Gasteiger partial charge in [0.1, 0.15) is 5.75 Å². The highest BCUT2D eigenvalue weighted by Gasteiger charge is 2.08. The van der Waals surface area contributed by atoms with Gasteiger partial charge in [-0.15, -0.1) is 0 Å². The van der Waals surface area contributed by atoms with Crippen molar-refractivity contribution < 1.29 is 9.26 Å². The Morgan fingerprint density at radius 1 is 1.27 bits per heavy atom. The van der Waals surface area contributed by atoms with Gasteiger partial charge in [0.25, 0.3) is 0 Å². The van der Waals surface area contributed by atoms with Gasteiger partial charge in [-0.2, -0.15) is 0 Å². The van der Waals surface area contributed by atoms with Crippen molar-refractivity contribution in [2.45, 2.75) is 19.8 Å². The first kappa shape index (κ1) is 12.8. The summed E-state index contributed by atoms with van der Waals surface area (Å²) in [6.45, 7) is 2.87. The molecular formula is C11H16ClO2P. The molecule has 0 amide bonds. The molecular weight excluding hydrogens is 231 g/mol. The molecule has 0 aromatic heterocycles. The second kappa shape index (κ2) is 7.05. The van der Waals surface area contributed by atoms with Crippen LogP contribution in [0.5, 0.6) is 5.75 Å². The van der Waals surface area contributed by atoms with Crippen molar-refractivity contribution in [3.63, 3.8) is 0 Å². The van der Waals surface area contributed by atoms with Crippen LogP contribution in [-0.4, -0.2) is 13.7 Å². The number of benzene rings is 1. The monoisotopic (exact) mass is 246 g/mol. The van der Waals surface area contributed by atoms with E-state index in [9.17, 15) is 0 Å². The van der Waals surface area contributed by atoms with E-state index in [1.807, 2.05) is 24.3 Å². The van der Waals surface area contributed by atoms with Gasteiger partial charge in [-0.1, -0.05) is 24.6 Å². The normalized spacial score (nSPS) is 12.5. The lowest BCUT2D eigenvalue weighted by Gasteiger charge is -2.10. The third-order valence-electron chi connectivity index (χ3n) is 1.98. The molecule has 15 heavy (non-hydrogen) atoms. The molecule has 0 radical (unpaired) electrons. The second-order valence-electron chi connectivity index (χ2n) is 3.13. The number of hydrogen-bond donors (Lipinski definition) is 0. The molecule has 1 atom stereocenters. The summed E-state index contributed by atoms with van der Waals surface area (Å²) in [7, 11) is 0.661. The quantitative estimate of drug-likeness (QED) is 0.563. The highest BCUT2D eigenvalue weighted by Crippen LogP contribution is 2.41. The third-order valence-corrected chi connectivity index (χ3v) is 3.97. The molecule has 0 aliphatic rings. The van der Waals surface area contributed by atoms with E-state index >= 15 is 0 Å². The molecule has 1 aromatic rings. The zero-order valence-corrected chi connectivity index (χ0v) is 10.7. The predicted octanol–water partition coefficient (Wildman–Crippen LogP) is 3.69. The number of ether oxygens (including phenoxy) is 1. The zero-order chi connectivity index (χ0) is 11.1. The van der Waals surface area contributed by atoms with Crippen molar-refractivity contribution in [3.05, 3.63) is 24.3 Å². The van der Waals surface area contributed by atoms with Crippen molar-refractivity contribution in [2.24, 2.45) is 0 Å². The van der Waals surface area contributed by atoms with Gasteiger partial charge >= 0.3 is 0 Å². The summed E-state index contributed by atoms with van der Waals surface area (Å²) in [6, 6.07) is 7.69. The van der Waals surface area contributed by atoms with Crippen molar-refractivity contribution in [1.82, 2.24) is 0 Å². The van der Waals surface area contributed by atoms with E-state index in [0.717, 1.165) is 30.5 Å². The molecule has 0 bridgehead atoms. The Kier molecular flexibility index (Phi) is 6.00. The van der Waals surface area contributed by atoms with E-state index in [1.54, 1.807) is 7.11 Å². The molecule has 0 heterocycles. The topological polar surface area (TPSA) is 18.5 Å². The van der Waals surface area contributed by atoms with Gasteiger partial charge in [0.15, 0.2) is 7.50 Å². The first-order valence-corrected chi connectivity index (χ1v) is 7.17. The maximum absolute atomic E-state index is 6.14. The molecule has 0 aliphatic heterocycles. The minimum atomic E-state index is -0.988. The molecule has 0 N–H and O–H groups in total. The molecule has 0 aliphatic carbocycles. The smallest absolute Gasteiger partial charge is 0.157 e. The van der Waals surface area contributed by atoms with Crippen LogP contribution in [-0.2, 0) is 4.52 Å². The fourth-order valence-corrected chi connectivity index (χ4v) is 2.43. The summed E-state index contributed by atoms with van der Waals surface area (Å²) in [5.74, 6) is 0.840. The Morgan fingerprint density at radius 2 is 1.93 bits per heavy atom. The number of halogens is 1. The van der Waals surface area contributed by atoms with E-state index in [0.29, 0.717) is 0 Å². The maximum atomic E-state index is 6.14. The Hall–Kier alpha value is -0.300. The molecule has 1 rings (SSSR count). The van der Waals surface area contributed by atoms with E-state index in [4.69, 9.17) is 20.5 Å². The van der Waals surface area contributed by atoms with E-state index in [1.165, 1.54) is 0 Å². The molecule has 4 heteroatoms. The lowest BCUT2D eigenvalue weighted by atomic mass is 10.3. The standard InChI is InChI=1S/C11H16ClO2P/c1-3-4-9-14-15(12)11-7-5-10(13-2)6-8-11/h5-8H,3-4,9H2,1-2H3. The van der Waals surface area contributed by atoms with E-state index in [-0.39, 0.29) is 0 Å². The number of unbranched alkanes of at least 4 members (excludes halogenated alkanes) is 1. The van der Waals surface area contributed by atoms with Crippen molar-refractivity contribution >= 4 is 24.0 Å². The van der Waals surface area contributed by atoms with Gasteiger partial charge in [-0.25, -0.2) is 0 Å². The Labute approximate surface area is 97.2 Å². The molecule has 1 unspecified atom stereocenters. The number of hydrogen-bond acceptors (Lipinski definition) is 2. The van der Waals surface area contributed by atoms with Crippen LogP contribution in [0.25, 0.3) is 0 Å². The second-order valence-corrected chi connectivity index (χ2v) is 5.31. The summed E-state index contributed by atoms with van der Waals surface area (Å²) in [5, 5.41) is 1.03. The Morgan fingerprint density at radius 3 is 2.47 bits per heavy atom. The van der Waals surface area contributed by atoms with Gasteiger partial charge in [0.05, 0.1) is 13.7 Å². The fourth-order valence-electron chi connectivity index (χ4n) is 1.06. The van der Waals surface area contributed by atoms with Crippen LogP contribution in [0.2, 0.25) is 0 Å². The minimum absolute atomic E-state index is 0.734. The van der Waals surface area contributed by atoms with Crippen molar-refractivity contribution in [2.75, 3.05) is 13.7 Å². The van der Waals surface area contributed by atoms with Crippen LogP contribution in [0.15, 0.2) is 24.3 Å². The molecule has 84 valence electrons. The first-order valence-electron chi connectivity index (χ1n) is 5.00. The molecule has 0 spiro atoms. The largest absolute Gasteiger partial charge is 0.497 e. The van der Waals surface area contributed by atoms with Gasteiger partial charge in [0.2, 0.25) is 0 Å². The van der Waals surface area contributed by atoms with Crippen LogP contribution < -0.4 is 10.0 Å². The van der Waals surface area contributed by atoms with Gasteiger partial charge in [-0.05, 0) is 30.7 Å². The van der Waals surface area contributed by atoms with Crippen LogP contribution in [0.3, 0.4) is 0 Å². The highest BCUT2D eigenvalue weighted by atomic mass is 35.7. The summed E-state index contributed by atoms with van der Waals surface area (Å²) in [4.78, 5) is 0. The van der Waals surface area contributed by atoms with Crippen LogP contribution >= 0.6 is 18.7 Å². The average Bonchev–Trinajstić information content (AvgIpc) is 2.29. The Balaban J connectivity index is 2.46. The first-order chi connectivity index (χ1) is 7.27. The SMILES string of the molecule is CCCCOP(Cl)c1ccc(OC)cc1. The minimum Gasteiger partial charge on any atom is -0.497 e. The predicted molar refractivity (Wildman–Crippen MR) is 66.3 cm³/mol. The van der Waals surface area contributed by atoms with Gasteiger partial charge < -0.3 is 9.26 Å². The third kappa shape index (κ3) is 4.38. The van der Waals surface area contributed by atoms with Crippen LogP contribution in [0.1, 0.15) is 19.8 Å². The molecule has 0 saturated carbocycles. The Bertz CT molecular complexity index is 276. The molecule has 0 saturated heterocycles. The molecule has 0 fully saturated rings. The average molecular weight is 247 g/mol. The summed E-state index contributed by atoms with van der Waals surface area (Å²) >= 11 is 6.14. The summed E-state index contributed by atoms with van der Waals surface area (Å²) in [6.07, 6.45) is 2.18. The van der Waals surface area contributed by atoms with Gasteiger partial charge in [-0.3, -0.25) is 0 Å². The van der Waals surface area contributed by atoms with Crippen molar-refractivity contribution in [3.8, 4) is 5.75 Å². The number of rotatable bonds is 6. The van der Waals surface area contributed by atoms with E-state index < -0.39 is 7.50 Å². The fraction of sp³-hybridized carbons (Fsp3) is 0.455. The summed E-state index contributed by atoms with van der Waals surface area (Å²) in [5.41, 5.74) is 0. The highest BCUT2D eigenvalue weighted by molar-refractivity contribution is 7.86. The van der Waals surface area contributed by atoms with E-state index in [2.05, 4.69) is 6.92 Å². The van der Waals surface area contributed by atoms with Crippen LogP contribution in [0, 0.1) is 0 Å².